The van der Waals surface area contributed by atoms with Crippen molar-refractivity contribution in [3.05, 3.63) is 16.3 Å². The van der Waals surface area contributed by atoms with Crippen LogP contribution in [0.2, 0.25) is 0 Å². The number of hydrogen-bond donors (Lipinski definition) is 2. The van der Waals surface area contributed by atoms with Crippen LogP contribution in [0.4, 0.5) is 5.82 Å². The molecule has 1 aliphatic rings. The van der Waals surface area contributed by atoms with E-state index in [-0.39, 0.29) is 5.97 Å². The number of carbonyl (C=O) groups excluding carboxylic acids is 1. The average molecular weight is 380 g/mol. The van der Waals surface area contributed by atoms with Gasteiger partial charge in [0.1, 0.15) is 34.4 Å². The highest BCUT2D eigenvalue weighted by molar-refractivity contribution is 7.20. The van der Waals surface area contributed by atoms with Crippen molar-refractivity contribution in [3.8, 4) is 0 Å². The molecule has 8 heteroatoms. The lowest BCUT2D eigenvalue weighted by atomic mass is 10.2. The van der Waals surface area contributed by atoms with Crippen LogP contribution in [0.1, 0.15) is 34.4 Å². The van der Waals surface area contributed by atoms with Gasteiger partial charge < -0.3 is 19.7 Å². The summed E-state index contributed by atoms with van der Waals surface area (Å²) in [6.07, 6.45) is 1.06. The number of quaternary nitrogens is 1. The van der Waals surface area contributed by atoms with E-state index in [4.69, 9.17) is 9.47 Å². The third-order valence-electron chi connectivity index (χ3n) is 4.56. The Morgan fingerprint density at radius 1 is 1.31 bits per heavy atom. The van der Waals surface area contributed by atoms with Crippen molar-refractivity contribution in [1.82, 2.24) is 9.97 Å². The van der Waals surface area contributed by atoms with E-state index in [1.54, 1.807) is 4.90 Å². The van der Waals surface area contributed by atoms with Crippen LogP contribution in [0, 0.1) is 13.8 Å². The number of hydrogen-bond acceptors (Lipinski definition) is 7. The summed E-state index contributed by atoms with van der Waals surface area (Å²) in [5, 5.41) is 4.38. The minimum atomic E-state index is -0.285. The molecule has 0 saturated carbocycles. The minimum Gasteiger partial charge on any atom is -0.462 e. The van der Waals surface area contributed by atoms with Gasteiger partial charge in [-0.2, -0.15) is 0 Å². The predicted octanol–water partition coefficient (Wildman–Crippen LogP) is 1.20. The summed E-state index contributed by atoms with van der Waals surface area (Å²) >= 11 is 1.38. The molecule has 0 aromatic carbocycles. The molecular weight excluding hydrogens is 352 g/mol. The van der Waals surface area contributed by atoms with Crippen LogP contribution < -0.4 is 10.2 Å². The molecule has 2 aromatic rings. The molecule has 0 bridgehead atoms. The topological polar surface area (TPSA) is 77.8 Å². The van der Waals surface area contributed by atoms with E-state index in [1.165, 1.54) is 11.3 Å². The summed E-state index contributed by atoms with van der Waals surface area (Å²) in [4.78, 5) is 24.3. The average Bonchev–Trinajstić information content (AvgIpc) is 2.96. The lowest BCUT2D eigenvalue weighted by Crippen LogP contribution is -3.14. The van der Waals surface area contributed by atoms with Crippen LogP contribution in [0.15, 0.2) is 0 Å². The second-order valence-corrected chi connectivity index (χ2v) is 7.47. The highest BCUT2D eigenvalue weighted by atomic mass is 32.1. The number of ether oxygens (including phenoxy) is 2. The number of aryl methyl sites for hydroxylation is 2. The highest BCUT2D eigenvalue weighted by Crippen LogP contribution is 2.34. The molecule has 2 aromatic heterocycles. The van der Waals surface area contributed by atoms with Crippen LogP contribution in [-0.2, 0) is 9.47 Å². The summed E-state index contributed by atoms with van der Waals surface area (Å²) < 4.78 is 10.6. The van der Waals surface area contributed by atoms with Gasteiger partial charge in [0.15, 0.2) is 0 Å². The molecule has 0 spiro atoms. The zero-order valence-electron chi connectivity index (χ0n) is 15.7. The van der Waals surface area contributed by atoms with Gasteiger partial charge in [-0.05, 0) is 26.3 Å². The standard InChI is InChI=1S/C18H26N4O3S/c1-4-25-18(23)15-12(2)14-16(20-13(3)21-17(14)26-15)19-6-5-7-22-8-10-24-11-9-22/h4-11H2,1-3H3,(H,19,20,21)/p+1. The van der Waals surface area contributed by atoms with E-state index in [0.29, 0.717) is 17.3 Å². The maximum atomic E-state index is 12.2. The van der Waals surface area contributed by atoms with Gasteiger partial charge in [-0.1, -0.05) is 0 Å². The van der Waals surface area contributed by atoms with Crippen molar-refractivity contribution < 1.29 is 19.2 Å². The van der Waals surface area contributed by atoms with Crippen LogP contribution in [0.3, 0.4) is 0 Å². The second kappa shape index (κ2) is 8.75. The molecule has 2 N–H and O–H groups in total. The molecule has 3 heterocycles. The van der Waals surface area contributed by atoms with Gasteiger partial charge in [0.2, 0.25) is 0 Å². The Hall–Kier alpha value is -1.77. The van der Waals surface area contributed by atoms with Crippen molar-refractivity contribution in [3.63, 3.8) is 0 Å². The van der Waals surface area contributed by atoms with Gasteiger partial charge in [0.05, 0.1) is 31.8 Å². The highest BCUT2D eigenvalue weighted by Gasteiger charge is 2.21. The molecule has 142 valence electrons. The molecule has 0 atom stereocenters. The summed E-state index contributed by atoms with van der Waals surface area (Å²) in [6, 6.07) is 0. The smallest absolute Gasteiger partial charge is 0.348 e. The van der Waals surface area contributed by atoms with E-state index in [1.807, 2.05) is 20.8 Å². The molecule has 3 rings (SSSR count). The molecule has 0 unspecified atom stereocenters. The van der Waals surface area contributed by atoms with Crippen LogP contribution >= 0.6 is 11.3 Å². The van der Waals surface area contributed by atoms with Crippen LogP contribution in [0.5, 0.6) is 0 Å². The Bertz CT molecular complexity index is 771. The van der Waals surface area contributed by atoms with Crippen molar-refractivity contribution in [2.75, 3.05) is 51.3 Å². The number of thiophene rings is 1. The molecule has 1 aliphatic heterocycles. The van der Waals surface area contributed by atoms with E-state index < -0.39 is 0 Å². The number of morpholine rings is 1. The monoisotopic (exact) mass is 379 g/mol. The minimum absolute atomic E-state index is 0.285. The molecule has 0 aliphatic carbocycles. The predicted molar refractivity (Wildman–Crippen MR) is 102 cm³/mol. The van der Waals surface area contributed by atoms with Crippen molar-refractivity contribution in [2.24, 2.45) is 0 Å². The zero-order valence-corrected chi connectivity index (χ0v) is 16.5. The number of fused-ring (bicyclic) bond motifs is 1. The Morgan fingerprint density at radius 2 is 2.08 bits per heavy atom. The normalized spacial score (nSPS) is 15.3. The summed E-state index contributed by atoms with van der Waals surface area (Å²) in [7, 11) is 0. The first kappa shape index (κ1) is 19.0. The molecule has 0 radical (unpaired) electrons. The number of nitrogens with zero attached hydrogens (tertiary/aromatic N) is 2. The van der Waals surface area contributed by atoms with Gasteiger partial charge in [-0.3, -0.25) is 0 Å². The summed E-state index contributed by atoms with van der Waals surface area (Å²) in [5.74, 6) is 1.23. The van der Waals surface area contributed by atoms with E-state index in [0.717, 1.165) is 67.4 Å². The number of carbonyl (C=O) groups is 1. The van der Waals surface area contributed by atoms with Crippen molar-refractivity contribution >= 4 is 33.3 Å². The number of anilines is 1. The Kier molecular flexibility index (Phi) is 6.39. The summed E-state index contributed by atoms with van der Waals surface area (Å²) in [6.45, 7) is 11.9. The first-order chi connectivity index (χ1) is 12.6. The lowest BCUT2D eigenvalue weighted by Gasteiger charge is -2.23. The Morgan fingerprint density at radius 3 is 2.81 bits per heavy atom. The van der Waals surface area contributed by atoms with Gasteiger partial charge in [0.25, 0.3) is 0 Å². The number of aromatic nitrogens is 2. The first-order valence-electron chi connectivity index (χ1n) is 9.20. The van der Waals surface area contributed by atoms with Crippen molar-refractivity contribution in [2.45, 2.75) is 27.2 Å². The fourth-order valence-electron chi connectivity index (χ4n) is 3.22. The zero-order chi connectivity index (χ0) is 18.5. The SMILES string of the molecule is CCOC(=O)c1sc2nc(C)nc(NCCC[NH+]3CCOCC3)c2c1C. The van der Waals surface area contributed by atoms with Crippen LogP contribution in [0.25, 0.3) is 10.2 Å². The third kappa shape index (κ3) is 4.31. The maximum Gasteiger partial charge on any atom is 0.348 e. The fourth-order valence-corrected chi connectivity index (χ4v) is 4.34. The summed E-state index contributed by atoms with van der Waals surface area (Å²) in [5.41, 5.74) is 0.893. The molecule has 0 amide bonds. The Labute approximate surface area is 157 Å². The van der Waals surface area contributed by atoms with Gasteiger partial charge in [0, 0.05) is 13.0 Å². The largest absolute Gasteiger partial charge is 0.462 e. The van der Waals surface area contributed by atoms with Gasteiger partial charge >= 0.3 is 5.97 Å². The first-order valence-corrected chi connectivity index (χ1v) is 10.0. The van der Waals surface area contributed by atoms with E-state index in [2.05, 4.69) is 15.3 Å². The number of esters is 1. The quantitative estimate of drug-likeness (QED) is 0.556. The van der Waals surface area contributed by atoms with Gasteiger partial charge in [-0.25, -0.2) is 14.8 Å². The van der Waals surface area contributed by atoms with Crippen LogP contribution in [-0.4, -0.2) is 61.9 Å². The molecule has 7 nitrogen and oxygen atoms in total. The molecule has 1 saturated heterocycles. The molecule has 1 fully saturated rings. The number of nitrogens with one attached hydrogen (secondary N) is 2. The number of rotatable bonds is 7. The van der Waals surface area contributed by atoms with E-state index in [9.17, 15) is 4.79 Å². The van der Waals surface area contributed by atoms with E-state index >= 15 is 0 Å². The third-order valence-corrected chi connectivity index (χ3v) is 5.73. The lowest BCUT2D eigenvalue weighted by molar-refractivity contribution is -0.908. The second-order valence-electron chi connectivity index (χ2n) is 6.47. The molecular formula is C18H27N4O3S+. The van der Waals surface area contributed by atoms with Gasteiger partial charge in [-0.15, -0.1) is 11.3 Å². The van der Waals surface area contributed by atoms with Crippen molar-refractivity contribution in [1.29, 1.82) is 0 Å². The maximum absolute atomic E-state index is 12.2. The molecule has 26 heavy (non-hydrogen) atoms. The Balaban J connectivity index is 1.71. The fraction of sp³-hybridized carbons (Fsp3) is 0.611.